The molecule has 3 aromatic rings. The highest BCUT2D eigenvalue weighted by Crippen LogP contribution is 2.34. The molecule has 0 bridgehead atoms. The van der Waals surface area contributed by atoms with E-state index in [-0.39, 0.29) is 18.2 Å². The Balaban J connectivity index is 2.08. The zero-order chi connectivity index (χ0) is 24.0. The maximum Gasteiger partial charge on any atom is 0.305 e. The van der Waals surface area contributed by atoms with Gasteiger partial charge in [-0.25, -0.2) is 4.39 Å². The molecule has 0 aliphatic rings. The highest BCUT2D eigenvalue weighted by Gasteiger charge is 2.18. The quantitative estimate of drug-likeness (QED) is 0.414. The van der Waals surface area contributed by atoms with Gasteiger partial charge in [0, 0.05) is 17.5 Å². The Bertz CT molecular complexity index is 1110. The minimum absolute atomic E-state index is 0.0576. The Morgan fingerprint density at radius 2 is 1.70 bits per heavy atom. The van der Waals surface area contributed by atoms with Gasteiger partial charge in [0.2, 0.25) is 0 Å². The molecule has 1 heterocycles. The van der Waals surface area contributed by atoms with Crippen molar-refractivity contribution in [1.82, 2.24) is 4.98 Å². The molecular weight excluding hydrogens is 421 g/mol. The summed E-state index contributed by atoms with van der Waals surface area (Å²) >= 11 is 0. The normalized spacial score (nSPS) is 13.4. The smallest absolute Gasteiger partial charge is 0.305 e. The average molecular weight is 450 g/mol. The van der Waals surface area contributed by atoms with Crippen LogP contribution in [0.2, 0.25) is 0 Å². The van der Waals surface area contributed by atoms with E-state index in [4.69, 9.17) is 10.1 Å². The number of hydrogen-bond donors (Lipinski definition) is 3. The number of aliphatic hydroxyl groups is 2. The number of carbonyl (C=O) groups is 1. The zero-order valence-electron chi connectivity index (χ0n) is 18.6. The van der Waals surface area contributed by atoms with Gasteiger partial charge < -0.3 is 15.3 Å². The summed E-state index contributed by atoms with van der Waals surface area (Å²) in [6.45, 7) is 4.05. The van der Waals surface area contributed by atoms with Crippen molar-refractivity contribution in [3.05, 3.63) is 83.8 Å². The molecule has 0 saturated heterocycles. The van der Waals surface area contributed by atoms with Crippen LogP contribution >= 0.6 is 0 Å². The zero-order valence-corrected chi connectivity index (χ0v) is 18.6. The first-order valence-corrected chi connectivity index (χ1v) is 10.9. The number of nitrogens with zero attached hydrogens (tertiary/aromatic N) is 1. The summed E-state index contributed by atoms with van der Waals surface area (Å²) in [4.78, 5) is 15.7. The van der Waals surface area contributed by atoms with Crippen LogP contribution in [0, 0.1) is 5.82 Å². The first-order valence-electron chi connectivity index (χ1n) is 10.9. The maximum atomic E-state index is 13.6. The van der Waals surface area contributed by atoms with Gasteiger partial charge in [-0.05, 0) is 35.2 Å². The Morgan fingerprint density at radius 1 is 1.03 bits per heavy atom. The number of carboxylic acid groups (broad SMARTS) is 1. The Kier molecular flexibility index (Phi) is 8.09. The molecule has 6 heteroatoms. The highest BCUT2D eigenvalue weighted by atomic mass is 19.1. The van der Waals surface area contributed by atoms with Crippen LogP contribution in [0.25, 0.3) is 28.5 Å². The average Bonchev–Trinajstić information content (AvgIpc) is 2.77. The van der Waals surface area contributed by atoms with E-state index in [1.165, 1.54) is 18.2 Å². The fourth-order valence-electron chi connectivity index (χ4n) is 3.66. The van der Waals surface area contributed by atoms with Crippen molar-refractivity contribution in [3.8, 4) is 22.4 Å². The van der Waals surface area contributed by atoms with Crippen molar-refractivity contribution in [2.45, 2.75) is 44.8 Å². The molecule has 0 amide bonds. The van der Waals surface area contributed by atoms with Crippen molar-refractivity contribution >= 4 is 12.0 Å². The Labute approximate surface area is 192 Å². The molecule has 0 aliphatic heterocycles. The number of aliphatic carboxylic acids is 1. The largest absolute Gasteiger partial charge is 0.481 e. The van der Waals surface area contributed by atoms with Gasteiger partial charge in [0.25, 0.3) is 0 Å². The monoisotopic (exact) mass is 449 g/mol. The molecule has 0 saturated carbocycles. The maximum absolute atomic E-state index is 13.6. The predicted octanol–water partition coefficient (Wildman–Crippen LogP) is 5.28. The van der Waals surface area contributed by atoms with Gasteiger partial charge in [-0.2, -0.15) is 0 Å². The molecule has 0 fully saturated rings. The Hall–Kier alpha value is -3.35. The van der Waals surface area contributed by atoms with Crippen LogP contribution in [-0.2, 0) is 4.79 Å². The lowest BCUT2D eigenvalue weighted by Gasteiger charge is -2.18. The third kappa shape index (κ3) is 6.57. The fourth-order valence-corrected chi connectivity index (χ4v) is 3.66. The van der Waals surface area contributed by atoms with E-state index in [0.717, 1.165) is 33.6 Å². The lowest BCUT2D eigenvalue weighted by molar-refractivity contribution is -0.139. The first-order chi connectivity index (χ1) is 15.7. The summed E-state index contributed by atoms with van der Waals surface area (Å²) in [5.74, 6) is -1.40. The second-order valence-corrected chi connectivity index (χ2v) is 8.30. The first kappa shape index (κ1) is 24.3. The van der Waals surface area contributed by atoms with Crippen LogP contribution in [0.3, 0.4) is 0 Å². The molecule has 0 spiro atoms. The number of hydrogen-bond acceptors (Lipinski definition) is 4. The van der Waals surface area contributed by atoms with Crippen molar-refractivity contribution in [2.24, 2.45) is 0 Å². The minimum Gasteiger partial charge on any atom is -0.481 e. The van der Waals surface area contributed by atoms with Crippen molar-refractivity contribution in [2.75, 3.05) is 0 Å². The molecule has 3 N–H and O–H groups in total. The van der Waals surface area contributed by atoms with Gasteiger partial charge in [0.1, 0.15) is 5.82 Å². The van der Waals surface area contributed by atoms with E-state index in [1.54, 1.807) is 18.2 Å². The molecule has 1 aromatic heterocycles. The van der Waals surface area contributed by atoms with Crippen molar-refractivity contribution in [1.29, 1.82) is 0 Å². The summed E-state index contributed by atoms with van der Waals surface area (Å²) in [6.07, 6.45) is 0.561. The molecule has 0 aliphatic carbocycles. The van der Waals surface area contributed by atoms with Crippen molar-refractivity contribution in [3.63, 3.8) is 0 Å². The van der Waals surface area contributed by atoms with E-state index < -0.39 is 24.6 Å². The fraction of sp³-hybridized carbons (Fsp3) is 0.259. The summed E-state index contributed by atoms with van der Waals surface area (Å²) in [5, 5.41) is 29.0. The number of benzene rings is 2. The summed E-state index contributed by atoms with van der Waals surface area (Å²) in [7, 11) is 0. The van der Waals surface area contributed by atoms with E-state index in [2.05, 4.69) is 0 Å². The van der Waals surface area contributed by atoms with Crippen LogP contribution in [0.1, 0.15) is 43.9 Å². The highest BCUT2D eigenvalue weighted by molar-refractivity contribution is 5.80. The summed E-state index contributed by atoms with van der Waals surface area (Å²) in [5.41, 5.74) is 4.97. The summed E-state index contributed by atoms with van der Waals surface area (Å²) in [6, 6.07) is 17.9. The minimum atomic E-state index is -1.15. The van der Waals surface area contributed by atoms with Gasteiger partial charge in [0.05, 0.1) is 30.0 Å². The molecule has 3 rings (SSSR count). The molecule has 5 nitrogen and oxygen atoms in total. The molecule has 0 radical (unpaired) electrons. The topological polar surface area (TPSA) is 90.7 Å². The number of aromatic nitrogens is 1. The third-order valence-electron chi connectivity index (χ3n) is 5.27. The molecule has 2 aromatic carbocycles. The predicted molar refractivity (Wildman–Crippen MR) is 127 cm³/mol. The van der Waals surface area contributed by atoms with Crippen LogP contribution < -0.4 is 0 Å². The van der Waals surface area contributed by atoms with Gasteiger partial charge in [-0.3, -0.25) is 9.78 Å². The number of aliphatic hydroxyl groups excluding tert-OH is 2. The molecule has 1 unspecified atom stereocenters. The Morgan fingerprint density at radius 3 is 2.30 bits per heavy atom. The van der Waals surface area contributed by atoms with Crippen LogP contribution in [-0.4, -0.2) is 38.5 Å². The second kappa shape index (κ2) is 11.0. The molecule has 2 atom stereocenters. The van der Waals surface area contributed by atoms with Gasteiger partial charge >= 0.3 is 5.97 Å². The van der Waals surface area contributed by atoms with E-state index in [0.29, 0.717) is 0 Å². The molecular formula is C27H28FNO4. The van der Waals surface area contributed by atoms with Gasteiger partial charge in [0.15, 0.2) is 0 Å². The second-order valence-electron chi connectivity index (χ2n) is 8.30. The van der Waals surface area contributed by atoms with Crippen LogP contribution in [0.4, 0.5) is 4.39 Å². The van der Waals surface area contributed by atoms with E-state index >= 15 is 0 Å². The standard InChI is InChI=1S/C27H28FNO4/c1-17(2)27-23(13-12-21(30)14-22(31)15-26(32)33)24(18-8-10-20(28)11-9-18)16-25(29-27)19-6-4-3-5-7-19/h3-13,16-17,21-22,30-31H,14-15H2,1-2H3,(H,32,33)/b13-12+/t21?,22-/m1/s1. The molecule has 172 valence electrons. The SMILES string of the molecule is CC(C)c1nc(-c2ccccc2)cc(-c2ccc(F)cc2)c1/C=C/C(O)C[C@@H](O)CC(=O)O. The number of halogens is 1. The number of rotatable bonds is 9. The lowest BCUT2D eigenvalue weighted by Crippen LogP contribution is -2.19. The van der Waals surface area contributed by atoms with E-state index in [9.17, 15) is 19.4 Å². The summed E-state index contributed by atoms with van der Waals surface area (Å²) < 4.78 is 13.6. The van der Waals surface area contributed by atoms with Crippen molar-refractivity contribution < 1.29 is 24.5 Å². The van der Waals surface area contributed by atoms with Gasteiger partial charge in [-0.15, -0.1) is 0 Å². The van der Waals surface area contributed by atoms with Gasteiger partial charge in [-0.1, -0.05) is 68.5 Å². The number of pyridine rings is 1. The lowest BCUT2D eigenvalue weighted by atomic mass is 9.92. The van der Waals surface area contributed by atoms with E-state index in [1.807, 2.05) is 50.2 Å². The number of carboxylic acids is 1. The molecule has 33 heavy (non-hydrogen) atoms. The third-order valence-corrected chi connectivity index (χ3v) is 5.27. The van der Waals surface area contributed by atoms with Crippen LogP contribution in [0.5, 0.6) is 0 Å². The van der Waals surface area contributed by atoms with Crippen LogP contribution in [0.15, 0.2) is 66.7 Å².